The molecule has 1 aliphatic carbocycles. The Bertz CT molecular complexity index is 560. The molecule has 2 N–H and O–H groups in total. The molecular weight excluding hydrogens is 250 g/mol. The zero-order valence-electron chi connectivity index (χ0n) is 11.8. The number of aliphatic hydroxyl groups is 1. The molecule has 0 aliphatic heterocycles. The molecule has 3 rings (SSSR count). The largest absolute Gasteiger partial charge is 0.396 e. The van der Waals surface area contributed by atoms with E-state index in [1.165, 1.54) is 5.56 Å². The van der Waals surface area contributed by atoms with E-state index in [9.17, 15) is 5.11 Å². The highest BCUT2D eigenvalue weighted by Gasteiger charge is 2.41. The SMILES string of the molecule is CC(NCC1(CO)CC1)c1cnn(-c2ccccc2)c1. The smallest absolute Gasteiger partial charge is 0.0645 e. The van der Waals surface area contributed by atoms with Gasteiger partial charge in [0.1, 0.15) is 0 Å². The minimum atomic E-state index is 0.143. The van der Waals surface area contributed by atoms with Gasteiger partial charge in [0, 0.05) is 36.4 Å². The molecule has 1 aromatic heterocycles. The molecule has 1 unspecified atom stereocenters. The summed E-state index contributed by atoms with van der Waals surface area (Å²) in [6, 6.07) is 10.4. The normalized spacial score (nSPS) is 17.9. The molecule has 1 aromatic carbocycles. The van der Waals surface area contributed by atoms with Crippen LogP contribution < -0.4 is 5.32 Å². The topological polar surface area (TPSA) is 50.1 Å². The van der Waals surface area contributed by atoms with Crippen LogP contribution in [0.25, 0.3) is 5.69 Å². The average molecular weight is 271 g/mol. The number of nitrogens with zero attached hydrogens (tertiary/aromatic N) is 2. The van der Waals surface area contributed by atoms with Gasteiger partial charge in [0.15, 0.2) is 0 Å². The van der Waals surface area contributed by atoms with Crippen LogP contribution in [0.1, 0.15) is 31.4 Å². The first-order chi connectivity index (χ1) is 9.72. The first-order valence-corrected chi connectivity index (χ1v) is 7.17. The third-order valence-electron chi connectivity index (χ3n) is 4.20. The lowest BCUT2D eigenvalue weighted by Gasteiger charge is -2.17. The van der Waals surface area contributed by atoms with Gasteiger partial charge in [-0.1, -0.05) is 18.2 Å². The van der Waals surface area contributed by atoms with Crippen molar-refractivity contribution in [3.05, 3.63) is 48.3 Å². The van der Waals surface area contributed by atoms with Gasteiger partial charge in [-0.25, -0.2) is 4.68 Å². The van der Waals surface area contributed by atoms with Crippen molar-refractivity contribution >= 4 is 0 Å². The molecular formula is C16H21N3O. The van der Waals surface area contributed by atoms with Gasteiger partial charge >= 0.3 is 0 Å². The summed E-state index contributed by atoms with van der Waals surface area (Å²) in [5, 5.41) is 17.3. The summed E-state index contributed by atoms with van der Waals surface area (Å²) in [5.74, 6) is 0. The lowest BCUT2D eigenvalue weighted by atomic mass is 10.1. The Morgan fingerprint density at radius 3 is 2.75 bits per heavy atom. The van der Waals surface area contributed by atoms with E-state index in [1.54, 1.807) is 0 Å². The van der Waals surface area contributed by atoms with E-state index in [2.05, 4.69) is 23.5 Å². The summed E-state index contributed by atoms with van der Waals surface area (Å²) in [6.45, 7) is 3.30. The van der Waals surface area contributed by atoms with Crippen LogP contribution in [0, 0.1) is 5.41 Å². The highest BCUT2D eigenvalue weighted by atomic mass is 16.3. The quantitative estimate of drug-likeness (QED) is 0.847. The van der Waals surface area contributed by atoms with Gasteiger partial charge in [0.2, 0.25) is 0 Å². The fourth-order valence-corrected chi connectivity index (χ4v) is 2.34. The molecule has 0 radical (unpaired) electrons. The van der Waals surface area contributed by atoms with Gasteiger partial charge in [0.25, 0.3) is 0 Å². The zero-order valence-corrected chi connectivity index (χ0v) is 11.8. The van der Waals surface area contributed by atoms with Crippen LogP contribution in [0.5, 0.6) is 0 Å². The Balaban J connectivity index is 1.64. The maximum absolute atomic E-state index is 9.34. The van der Waals surface area contributed by atoms with Crippen molar-refractivity contribution in [2.75, 3.05) is 13.2 Å². The molecule has 0 saturated heterocycles. The molecule has 4 nitrogen and oxygen atoms in total. The number of nitrogens with one attached hydrogen (secondary N) is 1. The number of hydrogen-bond acceptors (Lipinski definition) is 3. The van der Waals surface area contributed by atoms with Gasteiger partial charge in [-0.2, -0.15) is 5.10 Å². The molecule has 1 saturated carbocycles. The zero-order chi connectivity index (χ0) is 14.0. The summed E-state index contributed by atoms with van der Waals surface area (Å²) in [7, 11) is 0. The maximum Gasteiger partial charge on any atom is 0.0645 e. The minimum Gasteiger partial charge on any atom is -0.396 e. The number of para-hydroxylation sites is 1. The monoisotopic (exact) mass is 271 g/mol. The van der Waals surface area contributed by atoms with Gasteiger partial charge in [-0.15, -0.1) is 0 Å². The number of aliphatic hydroxyl groups excluding tert-OH is 1. The molecule has 0 bridgehead atoms. The predicted molar refractivity (Wildman–Crippen MR) is 78.7 cm³/mol. The molecule has 1 atom stereocenters. The highest BCUT2D eigenvalue weighted by molar-refractivity contribution is 5.31. The third-order valence-corrected chi connectivity index (χ3v) is 4.20. The van der Waals surface area contributed by atoms with Crippen LogP contribution in [0.2, 0.25) is 0 Å². The standard InChI is InChI=1S/C16H21N3O/c1-13(17-11-16(12-20)7-8-16)14-9-18-19(10-14)15-5-3-2-4-6-15/h2-6,9-10,13,17,20H,7-8,11-12H2,1H3. The van der Waals surface area contributed by atoms with Crippen LogP contribution in [0.15, 0.2) is 42.7 Å². The second kappa shape index (κ2) is 5.38. The van der Waals surface area contributed by atoms with Gasteiger partial charge < -0.3 is 10.4 Å². The lowest BCUT2D eigenvalue weighted by Crippen LogP contribution is -2.28. The van der Waals surface area contributed by atoms with E-state index < -0.39 is 0 Å². The van der Waals surface area contributed by atoms with E-state index >= 15 is 0 Å². The Hall–Kier alpha value is -1.65. The van der Waals surface area contributed by atoms with E-state index in [1.807, 2.05) is 41.2 Å². The van der Waals surface area contributed by atoms with Crippen molar-refractivity contribution in [1.29, 1.82) is 0 Å². The lowest BCUT2D eigenvalue weighted by molar-refractivity contribution is 0.204. The number of benzene rings is 1. The van der Waals surface area contributed by atoms with Crippen molar-refractivity contribution in [2.45, 2.75) is 25.8 Å². The Morgan fingerprint density at radius 2 is 2.10 bits per heavy atom. The molecule has 20 heavy (non-hydrogen) atoms. The Kier molecular flexibility index (Phi) is 3.59. The first kappa shape index (κ1) is 13.3. The number of rotatable bonds is 6. The summed E-state index contributed by atoms with van der Waals surface area (Å²) in [6.07, 6.45) is 6.23. The average Bonchev–Trinajstić information content (AvgIpc) is 3.12. The molecule has 1 heterocycles. The summed E-state index contributed by atoms with van der Waals surface area (Å²) >= 11 is 0. The molecule has 106 valence electrons. The van der Waals surface area contributed by atoms with E-state index in [0.717, 1.165) is 25.1 Å². The van der Waals surface area contributed by atoms with Crippen LogP contribution in [0.3, 0.4) is 0 Å². The molecule has 2 aromatic rings. The van der Waals surface area contributed by atoms with Crippen molar-refractivity contribution in [1.82, 2.24) is 15.1 Å². The second-order valence-corrected chi connectivity index (χ2v) is 5.81. The van der Waals surface area contributed by atoms with Crippen molar-refractivity contribution < 1.29 is 5.11 Å². The predicted octanol–water partition coefficient (Wildman–Crippen LogP) is 2.30. The summed E-state index contributed by atoms with van der Waals surface area (Å²) < 4.78 is 1.90. The van der Waals surface area contributed by atoms with Gasteiger partial charge in [-0.3, -0.25) is 0 Å². The molecule has 4 heteroatoms. The van der Waals surface area contributed by atoms with E-state index in [-0.39, 0.29) is 18.1 Å². The summed E-state index contributed by atoms with van der Waals surface area (Å²) in [5.41, 5.74) is 2.38. The minimum absolute atomic E-state index is 0.143. The maximum atomic E-state index is 9.34. The van der Waals surface area contributed by atoms with Gasteiger partial charge in [0.05, 0.1) is 11.9 Å². The van der Waals surface area contributed by atoms with Gasteiger partial charge in [-0.05, 0) is 31.9 Å². The molecule has 0 spiro atoms. The van der Waals surface area contributed by atoms with Crippen LogP contribution >= 0.6 is 0 Å². The van der Waals surface area contributed by atoms with Crippen molar-refractivity contribution in [3.63, 3.8) is 0 Å². The van der Waals surface area contributed by atoms with E-state index in [0.29, 0.717) is 0 Å². The number of hydrogen-bond donors (Lipinski definition) is 2. The fraction of sp³-hybridized carbons (Fsp3) is 0.438. The molecule has 1 aliphatic rings. The second-order valence-electron chi connectivity index (χ2n) is 5.81. The van der Waals surface area contributed by atoms with Crippen LogP contribution in [-0.4, -0.2) is 28.0 Å². The van der Waals surface area contributed by atoms with Crippen LogP contribution in [0.4, 0.5) is 0 Å². The molecule has 1 fully saturated rings. The molecule has 0 amide bonds. The summed E-state index contributed by atoms with van der Waals surface area (Å²) in [4.78, 5) is 0. The Labute approximate surface area is 119 Å². The van der Waals surface area contributed by atoms with Crippen molar-refractivity contribution in [2.24, 2.45) is 5.41 Å². The van der Waals surface area contributed by atoms with Crippen molar-refractivity contribution in [3.8, 4) is 5.69 Å². The number of aromatic nitrogens is 2. The van der Waals surface area contributed by atoms with E-state index in [4.69, 9.17) is 0 Å². The third kappa shape index (κ3) is 2.76. The van der Waals surface area contributed by atoms with Crippen LogP contribution in [-0.2, 0) is 0 Å². The Morgan fingerprint density at radius 1 is 1.35 bits per heavy atom. The highest BCUT2D eigenvalue weighted by Crippen LogP contribution is 2.44. The first-order valence-electron chi connectivity index (χ1n) is 7.17. The fourth-order valence-electron chi connectivity index (χ4n) is 2.34.